The molecule has 0 aromatic heterocycles. The molecule has 1 saturated heterocycles. The van der Waals surface area contributed by atoms with E-state index in [1.54, 1.807) is 4.90 Å². The van der Waals surface area contributed by atoms with Gasteiger partial charge in [0.2, 0.25) is 0 Å². The zero-order valence-corrected chi connectivity index (χ0v) is 12.5. The quantitative estimate of drug-likeness (QED) is 0.527. The molecule has 1 aromatic rings. The Labute approximate surface area is 124 Å². The van der Waals surface area contributed by atoms with E-state index >= 15 is 0 Å². The number of rotatable bonds is 3. The van der Waals surface area contributed by atoms with Crippen LogP contribution in [-0.4, -0.2) is 28.8 Å². The summed E-state index contributed by atoms with van der Waals surface area (Å²) in [6, 6.07) is 4.13. The minimum Gasteiger partial charge on any atom is -0.399 e. The Morgan fingerprint density at radius 3 is 2.57 bits per heavy atom. The van der Waals surface area contributed by atoms with Gasteiger partial charge in [0.05, 0.1) is 4.92 Å². The maximum Gasteiger partial charge on any atom is 0.282 e. The van der Waals surface area contributed by atoms with Gasteiger partial charge in [-0.2, -0.15) is 0 Å². The molecule has 2 N–H and O–H groups in total. The lowest BCUT2D eigenvalue weighted by Gasteiger charge is -2.38. The first-order valence-electron chi connectivity index (χ1n) is 7.19. The Kier molecular flexibility index (Phi) is 4.16. The van der Waals surface area contributed by atoms with E-state index in [0.717, 1.165) is 19.3 Å². The molecule has 0 spiro atoms. The molecule has 1 heterocycles. The second kappa shape index (κ2) is 5.71. The van der Waals surface area contributed by atoms with Crippen LogP contribution in [0.15, 0.2) is 18.2 Å². The highest BCUT2D eigenvalue weighted by Crippen LogP contribution is 2.35. The third-order valence-corrected chi connectivity index (χ3v) is 4.56. The van der Waals surface area contributed by atoms with Crippen molar-refractivity contribution in [2.45, 2.75) is 33.1 Å². The summed E-state index contributed by atoms with van der Waals surface area (Å²) >= 11 is 0. The zero-order valence-electron chi connectivity index (χ0n) is 12.5. The SMILES string of the molecule is CCC1(C)CCN(C(=O)c2cc(N)ccc2[N+](=O)[O-])CC1. The summed E-state index contributed by atoms with van der Waals surface area (Å²) in [6.07, 6.45) is 2.92. The summed E-state index contributed by atoms with van der Waals surface area (Å²) in [4.78, 5) is 24.8. The standard InChI is InChI=1S/C15H21N3O3/c1-3-15(2)6-8-17(9-7-15)14(19)12-10-11(16)4-5-13(12)18(20)21/h4-5,10H,3,6-9,16H2,1-2H3. The van der Waals surface area contributed by atoms with Gasteiger partial charge < -0.3 is 10.6 Å². The number of nitro groups is 1. The Morgan fingerprint density at radius 1 is 1.43 bits per heavy atom. The Hall–Kier alpha value is -2.11. The molecule has 114 valence electrons. The van der Waals surface area contributed by atoms with Crippen molar-refractivity contribution in [2.24, 2.45) is 5.41 Å². The molecule has 1 aliphatic rings. The van der Waals surface area contributed by atoms with Gasteiger partial charge in [0.1, 0.15) is 5.56 Å². The number of carbonyl (C=O) groups excluding carboxylic acids is 1. The average Bonchev–Trinajstić information content (AvgIpc) is 2.47. The van der Waals surface area contributed by atoms with E-state index in [-0.39, 0.29) is 22.6 Å². The molecule has 0 bridgehead atoms. The van der Waals surface area contributed by atoms with E-state index in [1.807, 2.05) is 0 Å². The van der Waals surface area contributed by atoms with Crippen molar-refractivity contribution >= 4 is 17.3 Å². The number of carbonyl (C=O) groups is 1. The lowest BCUT2D eigenvalue weighted by atomic mass is 9.78. The molecule has 0 unspecified atom stereocenters. The third-order valence-electron chi connectivity index (χ3n) is 4.56. The van der Waals surface area contributed by atoms with Crippen molar-refractivity contribution < 1.29 is 9.72 Å². The number of benzene rings is 1. The highest BCUT2D eigenvalue weighted by molar-refractivity contribution is 5.99. The fourth-order valence-electron chi connectivity index (χ4n) is 2.66. The van der Waals surface area contributed by atoms with Crippen LogP contribution in [-0.2, 0) is 0 Å². The van der Waals surface area contributed by atoms with E-state index in [1.165, 1.54) is 18.2 Å². The first kappa shape index (κ1) is 15.3. The van der Waals surface area contributed by atoms with Crippen LogP contribution in [0.3, 0.4) is 0 Å². The lowest BCUT2D eigenvalue weighted by Crippen LogP contribution is -2.42. The van der Waals surface area contributed by atoms with Gasteiger partial charge in [0, 0.05) is 24.8 Å². The van der Waals surface area contributed by atoms with Crippen LogP contribution >= 0.6 is 0 Å². The number of piperidine rings is 1. The van der Waals surface area contributed by atoms with Gasteiger partial charge in [0.25, 0.3) is 11.6 Å². The number of nitrogens with zero attached hydrogens (tertiary/aromatic N) is 2. The van der Waals surface area contributed by atoms with E-state index < -0.39 is 4.92 Å². The number of nitro benzene ring substituents is 1. The Balaban J connectivity index is 2.22. The molecule has 0 saturated carbocycles. The lowest BCUT2D eigenvalue weighted by molar-refractivity contribution is -0.385. The van der Waals surface area contributed by atoms with Crippen molar-refractivity contribution in [3.8, 4) is 0 Å². The summed E-state index contributed by atoms with van der Waals surface area (Å²) < 4.78 is 0. The molecule has 1 fully saturated rings. The fourth-order valence-corrected chi connectivity index (χ4v) is 2.66. The fraction of sp³-hybridized carbons (Fsp3) is 0.533. The summed E-state index contributed by atoms with van der Waals surface area (Å²) in [5, 5.41) is 11.1. The van der Waals surface area contributed by atoms with Crippen molar-refractivity contribution in [3.05, 3.63) is 33.9 Å². The van der Waals surface area contributed by atoms with E-state index in [0.29, 0.717) is 18.8 Å². The summed E-state index contributed by atoms with van der Waals surface area (Å²) in [6.45, 7) is 5.64. The van der Waals surface area contributed by atoms with Crippen LogP contribution in [0, 0.1) is 15.5 Å². The van der Waals surface area contributed by atoms with Gasteiger partial charge in [-0.15, -0.1) is 0 Å². The van der Waals surface area contributed by atoms with Crippen LogP contribution < -0.4 is 5.73 Å². The van der Waals surface area contributed by atoms with Crippen LogP contribution in [0.4, 0.5) is 11.4 Å². The summed E-state index contributed by atoms with van der Waals surface area (Å²) in [5.74, 6) is -0.299. The number of hydrogen-bond donors (Lipinski definition) is 1. The Bertz CT molecular complexity index is 563. The van der Waals surface area contributed by atoms with E-state index in [9.17, 15) is 14.9 Å². The van der Waals surface area contributed by atoms with Crippen molar-refractivity contribution in [1.82, 2.24) is 4.90 Å². The molecule has 0 aliphatic carbocycles. The molecule has 1 aliphatic heterocycles. The summed E-state index contributed by atoms with van der Waals surface area (Å²) in [7, 11) is 0. The molecule has 6 nitrogen and oxygen atoms in total. The number of hydrogen-bond acceptors (Lipinski definition) is 4. The molecule has 6 heteroatoms. The zero-order chi connectivity index (χ0) is 15.6. The van der Waals surface area contributed by atoms with Gasteiger partial charge in [0.15, 0.2) is 0 Å². The maximum atomic E-state index is 12.5. The number of anilines is 1. The number of amides is 1. The predicted octanol–water partition coefficient (Wildman–Crippen LogP) is 2.83. The van der Waals surface area contributed by atoms with Crippen molar-refractivity contribution in [2.75, 3.05) is 18.8 Å². The first-order chi connectivity index (χ1) is 9.86. The monoisotopic (exact) mass is 291 g/mol. The first-order valence-corrected chi connectivity index (χ1v) is 7.19. The van der Waals surface area contributed by atoms with Gasteiger partial charge in [-0.25, -0.2) is 0 Å². The largest absolute Gasteiger partial charge is 0.399 e. The maximum absolute atomic E-state index is 12.5. The molecular weight excluding hydrogens is 270 g/mol. The minimum absolute atomic E-state index is 0.0834. The van der Waals surface area contributed by atoms with Crippen molar-refractivity contribution in [1.29, 1.82) is 0 Å². The average molecular weight is 291 g/mol. The smallest absolute Gasteiger partial charge is 0.282 e. The van der Waals surface area contributed by atoms with Crippen LogP contribution in [0.2, 0.25) is 0 Å². The Morgan fingerprint density at radius 2 is 2.05 bits per heavy atom. The predicted molar refractivity (Wildman–Crippen MR) is 81.0 cm³/mol. The second-order valence-electron chi connectivity index (χ2n) is 5.99. The van der Waals surface area contributed by atoms with Crippen LogP contribution in [0.1, 0.15) is 43.5 Å². The topological polar surface area (TPSA) is 89.5 Å². The van der Waals surface area contributed by atoms with Gasteiger partial charge in [-0.3, -0.25) is 14.9 Å². The molecule has 0 atom stereocenters. The van der Waals surface area contributed by atoms with Gasteiger partial charge in [-0.05, 0) is 30.4 Å². The molecule has 2 rings (SSSR count). The molecule has 0 radical (unpaired) electrons. The second-order valence-corrected chi connectivity index (χ2v) is 5.99. The third kappa shape index (κ3) is 3.15. The number of nitrogen functional groups attached to an aromatic ring is 1. The summed E-state index contributed by atoms with van der Waals surface area (Å²) in [5.41, 5.74) is 6.19. The molecule has 1 aromatic carbocycles. The van der Waals surface area contributed by atoms with E-state index in [2.05, 4.69) is 13.8 Å². The molecule has 21 heavy (non-hydrogen) atoms. The van der Waals surface area contributed by atoms with Gasteiger partial charge >= 0.3 is 0 Å². The van der Waals surface area contributed by atoms with Crippen LogP contribution in [0.5, 0.6) is 0 Å². The van der Waals surface area contributed by atoms with Gasteiger partial charge in [-0.1, -0.05) is 20.3 Å². The highest BCUT2D eigenvalue weighted by atomic mass is 16.6. The van der Waals surface area contributed by atoms with E-state index in [4.69, 9.17) is 5.73 Å². The number of likely N-dealkylation sites (tertiary alicyclic amines) is 1. The molecule has 1 amide bonds. The van der Waals surface area contributed by atoms with Crippen LogP contribution in [0.25, 0.3) is 0 Å². The molecular formula is C15H21N3O3. The minimum atomic E-state index is -0.535. The normalized spacial score (nSPS) is 17.5. The number of nitrogens with two attached hydrogens (primary N) is 1. The highest BCUT2D eigenvalue weighted by Gasteiger charge is 2.32. The van der Waals surface area contributed by atoms with Crippen molar-refractivity contribution in [3.63, 3.8) is 0 Å².